The van der Waals surface area contributed by atoms with Crippen LogP contribution in [0.5, 0.6) is 0 Å². The number of nitro groups is 1. The third-order valence-corrected chi connectivity index (χ3v) is 2.20. The maximum absolute atomic E-state index is 12.4. The highest BCUT2D eigenvalue weighted by Crippen LogP contribution is 2.35. The van der Waals surface area contributed by atoms with Crippen LogP contribution in [0.15, 0.2) is 18.2 Å². The monoisotopic (exact) mass is 244 g/mol. The minimum absolute atomic E-state index is 0.0157. The molecule has 1 unspecified atom stereocenters. The molecule has 0 amide bonds. The van der Waals surface area contributed by atoms with Crippen molar-refractivity contribution in [2.45, 2.75) is 19.1 Å². The van der Waals surface area contributed by atoms with Crippen molar-refractivity contribution in [1.29, 1.82) is 0 Å². The van der Waals surface area contributed by atoms with Gasteiger partial charge in [-0.15, -0.1) is 0 Å². The number of benzene rings is 1. The lowest BCUT2D eigenvalue weighted by Crippen LogP contribution is -2.07. The molecule has 0 aliphatic rings. The van der Waals surface area contributed by atoms with Crippen LogP contribution < -0.4 is 0 Å². The van der Waals surface area contributed by atoms with E-state index in [9.17, 15) is 23.3 Å². The topological polar surface area (TPSA) is 47.5 Å². The summed E-state index contributed by atoms with van der Waals surface area (Å²) in [6.45, 7) is 8.13. The van der Waals surface area contributed by atoms with Crippen molar-refractivity contribution in [1.82, 2.24) is 0 Å². The van der Waals surface area contributed by atoms with E-state index in [0.717, 1.165) is 12.1 Å². The number of nitrogens with zero attached hydrogens (tertiary/aromatic N) is 2. The van der Waals surface area contributed by atoms with Crippen LogP contribution in [-0.4, -0.2) is 4.92 Å². The fourth-order valence-corrected chi connectivity index (χ4v) is 1.30. The molecule has 0 heterocycles. The number of hydrogen-bond donors (Lipinski definition) is 0. The van der Waals surface area contributed by atoms with E-state index in [1.54, 1.807) is 0 Å². The molecule has 0 bridgehead atoms. The Labute approximate surface area is 94.6 Å². The molecule has 0 spiro atoms. The van der Waals surface area contributed by atoms with Crippen molar-refractivity contribution in [3.63, 3.8) is 0 Å². The second kappa shape index (κ2) is 4.41. The highest BCUT2D eigenvalue weighted by Gasteiger charge is 2.34. The minimum Gasteiger partial charge on any atom is -0.309 e. The molecule has 0 fully saturated rings. The summed E-state index contributed by atoms with van der Waals surface area (Å²) in [6.07, 6.45) is -4.63. The number of halogens is 3. The summed E-state index contributed by atoms with van der Waals surface area (Å²) in [6, 6.07) is 1.32. The van der Waals surface area contributed by atoms with Crippen molar-refractivity contribution in [3.8, 4) is 0 Å². The third-order valence-electron chi connectivity index (χ3n) is 2.20. The molecule has 1 rings (SSSR count). The summed E-state index contributed by atoms with van der Waals surface area (Å²) in [5.74, 6) is 0. The molecule has 1 atom stereocenters. The summed E-state index contributed by atoms with van der Waals surface area (Å²) in [5, 5.41) is 10.7. The molecular formula is C10H7F3N2O2. The fraction of sp³-hybridized carbons (Fsp3) is 0.300. The standard InChI is InChI=1S/C10H7F3N2O2/c1-6(14-2)8-4-3-7(10(11,12)13)5-9(8)15(16)17/h3-6H,1H3. The van der Waals surface area contributed by atoms with Crippen molar-refractivity contribution in [2.24, 2.45) is 0 Å². The normalized spacial score (nSPS) is 12.9. The van der Waals surface area contributed by atoms with Gasteiger partial charge in [0.25, 0.3) is 11.7 Å². The van der Waals surface area contributed by atoms with Gasteiger partial charge in [-0.05, 0) is 12.1 Å². The van der Waals surface area contributed by atoms with E-state index in [-0.39, 0.29) is 5.56 Å². The van der Waals surface area contributed by atoms with Crippen LogP contribution in [0.25, 0.3) is 4.85 Å². The number of nitro benzene ring substituents is 1. The van der Waals surface area contributed by atoms with E-state index in [2.05, 4.69) is 4.85 Å². The Balaban J connectivity index is 3.39. The Morgan fingerprint density at radius 2 is 2.06 bits per heavy atom. The first-order chi connectivity index (χ1) is 7.77. The zero-order valence-electron chi connectivity index (χ0n) is 8.65. The van der Waals surface area contributed by atoms with Crippen LogP contribution in [0.3, 0.4) is 0 Å². The summed E-state index contributed by atoms with van der Waals surface area (Å²) >= 11 is 0. The molecule has 0 aliphatic heterocycles. The SMILES string of the molecule is [C-]#[N+]C(C)c1ccc(C(F)(F)F)cc1[N+](=O)[O-]. The van der Waals surface area contributed by atoms with Gasteiger partial charge < -0.3 is 4.85 Å². The Bertz CT molecular complexity index is 491. The van der Waals surface area contributed by atoms with Gasteiger partial charge in [-0.3, -0.25) is 10.1 Å². The fourth-order valence-electron chi connectivity index (χ4n) is 1.30. The molecule has 17 heavy (non-hydrogen) atoms. The first-order valence-corrected chi connectivity index (χ1v) is 4.49. The first-order valence-electron chi connectivity index (χ1n) is 4.49. The quantitative estimate of drug-likeness (QED) is 0.453. The van der Waals surface area contributed by atoms with Crippen LogP contribution in [0.1, 0.15) is 24.1 Å². The second-order valence-electron chi connectivity index (χ2n) is 3.33. The van der Waals surface area contributed by atoms with Gasteiger partial charge in [0.1, 0.15) is 5.56 Å². The smallest absolute Gasteiger partial charge is 0.309 e. The van der Waals surface area contributed by atoms with E-state index in [1.165, 1.54) is 6.92 Å². The highest BCUT2D eigenvalue weighted by molar-refractivity contribution is 5.46. The molecule has 0 saturated heterocycles. The number of rotatable bonds is 2. The molecule has 0 N–H and O–H groups in total. The van der Waals surface area contributed by atoms with Crippen LogP contribution >= 0.6 is 0 Å². The molecule has 1 aromatic carbocycles. The summed E-state index contributed by atoms with van der Waals surface area (Å²) in [4.78, 5) is 12.8. The number of alkyl halides is 3. The van der Waals surface area contributed by atoms with Crippen molar-refractivity contribution in [2.75, 3.05) is 0 Å². The summed E-state index contributed by atoms with van der Waals surface area (Å²) in [7, 11) is 0. The average Bonchev–Trinajstić information content (AvgIpc) is 2.25. The molecule has 0 aromatic heterocycles. The second-order valence-corrected chi connectivity index (χ2v) is 3.33. The van der Waals surface area contributed by atoms with E-state index in [1.807, 2.05) is 0 Å². The van der Waals surface area contributed by atoms with Gasteiger partial charge in [-0.2, -0.15) is 13.2 Å². The summed E-state index contributed by atoms with van der Waals surface area (Å²) < 4.78 is 37.1. The molecule has 0 saturated carbocycles. The first kappa shape index (κ1) is 13.0. The molecule has 0 aliphatic carbocycles. The largest absolute Gasteiger partial charge is 0.416 e. The van der Waals surface area contributed by atoms with Crippen molar-refractivity contribution >= 4 is 5.69 Å². The molecule has 0 radical (unpaired) electrons. The van der Waals surface area contributed by atoms with Crippen molar-refractivity contribution in [3.05, 3.63) is 50.9 Å². The van der Waals surface area contributed by atoms with Crippen LogP contribution in [0.2, 0.25) is 0 Å². The molecule has 90 valence electrons. The van der Waals surface area contributed by atoms with Gasteiger partial charge in [-0.25, -0.2) is 6.57 Å². The van der Waals surface area contributed by atoms with Gasteiger partial charge >= 0.3 is 6.18 Å². The lowest BCUT2D eigenvalue weighted by Gasteiger charge is -2.08. The van der Waals surface area contributed by atoms with Crippen molar-refractivity contribution < 1.29 is 18.1 Å². The van der Waals surface area contributed by atoms with Crippen LogP contribution in [-0.2, 0) is 6.18 Å². The predicted octanol–water partition coefficient (Wildman–Crippen LogP) is 3.59. The molecule has 7 heteroatoms. The highest BCUT2D eigenvalue weighted by atomic mass is 19.4. The molecule has 4 nitrogen and oxygen atoms in total. The van der Waals surface area contributed by atoms with Crippen LogP contribution in [0.4, 0.5) is 18.9 Å². The average molecular weight is 244 g/mol. The third kappa shape index (κ3) is 2.72. The van der Waals surface area contributed by atoms with Gasteiger partial charge in [-0.1, -0.05) is 0 Å². The Kier molecular flexibility index (Phi) is 3.36. The Morgan fingerprint density at radius 1 is 1.47 bits per heavy atom. The summed E-state index contributed by atoms with van der Waals surface area (Å²) in [5.41, 5.74) is -1.79. The Morgan fingerprint density at radius 3 is 2.47 bits per heavy atom. The maximum Gasteiger partial charge on any atom is 0.416 e. The zero-order chi connectivity index (χ0) is 13.2. The lowest BCUT2D eigenvalue weighted by atomic mass is 10.0. The minimum atomic E-state index is -4.63. The van der Waals surface area contributed by atoms with E-state index in [4.69, 9.17) is 6.57 Å². The predicted molar refractivity (Wildman–Crippen MR) is 53.1 cm³/mol. The van der Waals surface area contributed by atoms with Gasteiger partial charge in [0.05, 0.1) is 10.5 Å². The van der Waals surface area contributed by atoms with Crippen LogP contribution in [0, 0.1) is 16.7 Å². The van der Waals surface area contributed by atoms with Gasteiger partial charge in [0.15, 0.2) is 0 Å². The van der Waals surface area contributed by atoms with Gasteiger partial charge in [0, 0.05) is 13.0 Å². The lowest BCUT2D eigenvalue weighted by molar-refractivity contribution is -0.385. The molecular weight excluding hydrogens is 237 g/mol. The number of hydrogen-bond acceptors (Lipinski definition) is 2. The zero-order valence-corrected chi connectivity index (χ0v) is 8.65. The Hall–Kier alpha value is -2.10. The van der Waals surface area contributed by atoms with E-state index < -0.39 is 28.4 Å². The van der Waals surface area contributed by atoms with E-state index >= 15 is 0 Å². The molecule has 1 aromatic rings. The van der Waals surface area contributed by atoms with Gasteiger partial charge in [0.2, 0.25) is 0 Å². The van der Waals surface area contributed by atoms with E-state index in [0.29, 0.717) is 6.07 Å². The maximum atomic E-state index is 12.4.